The van der Waals surface area contributed by atoms with Gasteiger partial charge in [0.25, 0.3) is 11.5 Å². The van der Waals surface area contributed by atoms with Crippen molar-refractivity contribution in [3.8, 4) is 11.8 Å². The molecule has 1 aliphatic heterocycles. The summed E-state index contributed by atoms with van der Waals surface area (Å²) in [4.78, 5) is 39.2. The summed E-state index contributed by atoms with van der Waals surface area (Å²) in [6.07, 6.45) is 1.04. The van der Waals surface area contributed by atoms with E-state index in [2.05, 4.69) is 16.1 Å². The van der Waals surface area contributed by atoms with Crippen molar-refractivity contribution < 1.29 is 19.1 Å². The molecule has 0 spiro atoms. The lowest BCUT2D eigenvalue weighted by Gasteiger charge is -2.24. The highest BCUT2D eigenvalue weighted by Gasteiger charge is 2.36. The van der Waals surface area contributed by atoms with Crippen LogP contribution >= 0.6 is 22.7 Å². The SMILES string of the molecule is COC(=O)C=c1sc2n(c1=O)C(N)=C(C#N)C(c1cccs1)C=2C(=O)Nc1ccc(OC)cc1. The molecule has 3 heterocycles. The van der Waals surface area contributed by atoms with Crippen LogP contribution in [0.25, 0.3) is 17.5 Å². The number of anilines is 1. The van der Waals surface area contributed by atoms with Gasteiger partial charge in [-0.05, 0) is 35.7 Å². The van der Waals surface area contributed by atoms with Gasteiger partial charge in [-0.1, -0.05) is 6.07 Å². The highest BCUT2D eigenvalue weighted by Crippen LogP contribution is 2.38. The number of esters is 1. The number of nitrogens with two attached hydrogens (primary N) is 1. The molecular weight excluding hydrogens is 476 g/mol. The van der Waals surface area contributed by atoms with Crippen LogP contribution in [0, 0.1) is 11.3 Å². The van der Waals surface area contributed by atoms with Crippen LogP contribution in [0.15, 0.2) is 52.1 Å². The van der Waals surface area contributed by atoms with E-state index in [4.69, 9.17) is 10.5 Å². The highest BCUT2D eigenvalue weighted by atomic mass is 32.1. The lowest BCUT2D eigenvalue weighted by Crippen LogP contribution is -2.40. The molecule has 2 aromatic heterocycles. The fourth-order valence-electron chi connectivity index (χ4n) is 3.55. The van der Waals surface area contributed by atoms with Gasteiger partial charge in [0, 0.05) is 16.6 Å². The number of aromatic nitrogens is 1. The Morgan fingerprint density at radius 1 is 1.24 bits per heavy atom. The Morgan fingerprint density at radius 2 is 1.97 bits per heavy atom. The fraction of sp³-hybridized carbons (Fsp3) is 0.130. The number of rotatable bonds is 5. The van der Waals surface area contributed by atoms with Gasteiger partial charge in [0.2, 0.25) is 0 Å². The summed E-state index contributed by atoms with van der Waals surface area (Å²) in [6, 6.07) is 12.4. The second-order valence-electron chi connectivity index (χ2n) is 7.03. The van der Waals surface area contributed by atoms with Gasteiger partial charge < -0.3 is 20.5 Å². The predicted molar refractivity (Wildman–Crippen MR) is 129 cm³/mol. The van der Waals surface area contributed by atoms with Crippen molar-refractivity contribution in [1.29, 1.82) is 5.26 Å². The Balaban J connectivity index is 1.99. The zero-order valence-corrected chi connectivity index (χ0v) is 19.7. The van der Waals surface area contributed by atoms with Crippen LogP contribution in [0.2, 0.25) is 0 Å². The predicted octanol–water partition coefficient (Wildman–Crippen LogP) is 1.17. The molecule has 172 valence electrons. The smallest absolute Gasteiger partial charge is 0.332 e. The molecule has 4 rings (SSSR count). The minimum Gasteiger partial charge on any atom is -0.497 e. The van der Waals surface area contributed by atoms with E-state index in [1.54, 1.807) is 36.4 Å². The van der Waals surface area contributed by atoms with E-state index in [0.29, 0.717) is 16.3 Å². The maximum atomic E-state index is 13.6. The largest absolute Gasteiger partial charge is 0.497 e. The average Bonchev–Trinajstić information content (AvgIpc) is 3.48. The molecule has 3 N–H and O–H groups in total. The number of ether oxygens (including phenoxy) is 2. The molecule has 0 saturated carbocycles. The number of nitriles is 1. The summed E-state index contributed by atoms with van der Waals surface area (Å²) in [6.45, 7) is 0. The second-order valence-corrected chi connectivity index (χ2v) is 9.04. The first-order chi connectivity index (χ1) is 16.4. The maximum absolute atomic E-state index is 13.6. The van der Waals surface area contributed by atoms with Crippen LogP contribution in [0.3, 0.4) is 0 Å². The first kappa shape index (κ1) is 23.0. The summed E-state index contributed by atoms with van der Waals surface area (Å²) in [5, 5.41) is 14.6. The molecule has 1 aromatic carbocycles. The van der Waals surface area contributed by atoms with Gasteiger partial charge in [-0.2, -0.15) is 5.26 Å². The zero-order chi connectivity index (χ0) is 24.4. The van der Waals surface area contributed by atoms with Crippen LogP contribution in [-0.4, -0.2) is 30.7 Å². The molecule has 11 heteroatoms. The number of thiophene rings is 1. The molecular formula is C23H18N4O5S2. The number of nitrogens with one attached hydrogen (secondary N) is 1. The molecule has 0 radical (unpaired) electrons. The molecule has 1 atom stereocenters. The minimum atomic E-state index is -0.785. The Morgan fingerprint density at radius 3 is 2.56 bits per heavy atom. The van der Waals surface area contributed by atoms with Crippen LogP contribution in [0.5, 0.6) is 5.75 Å². The number of carbonyl (C=O) groups excluding carboxylic acids is 2. The quantitative estimate of drug-likeness (QED) is 0.508. The Labute approximate surface area is 201 Å². The average molecular weight is 495 g/mol. The van der Waals surface area contributed by atoms with Gasteiger partial charge >= 0.3 is 5.97 Å². The van der Waals surface area contributed by atoms with Gasteiger partial charge in [0.05, 0.1) is 37.4 Å². The molecule has 9 nitrogen and oxygen atoms in total. The van der Waals surface area contributed by atoms with E-state index >= 15 is 0 Å². The molecule has 1 unspecified atom stereocenters. The van der Waals surface area contributed by atoms with E-state index in [1.807, 2.05) is 5.38 Å². The molecule has 0 fully saturated rings. The minimum absolute atomic E-state index is 0.0312. The first-order valence-electron chi connectivity index (χ1n) is 9.84. The number of nitrogens with zero attached hydrogens (tertiary/aromatic N) is 2. The van der Waals surface area contributed by atoms with Gasteiger partial charge in [0.1, 0.15) is 20.8 Å². The Bertz CT molecular complexity index is 1520. The maximum Gasteiger partial charge on any atom is 0.332 e. The third kappa shape index (κ3) is 4.00. The van der Waals surface area contributed by atoms with Crippen molar-refractivity contribution >= 4 is 57.7 Å². The summed E-state index contributed by atoms with van der Waals surface area (Å²) < 4.78 is 11.2. The Kier molecular flexibility index (Phi) is 6.36. The molecule has 0 bridgehead atoms. The molecule has 0 saturated heterocycles. The van der Waals surface area contributed by atoms with Crippen molar-refractivity contribution in [2.24, 2.45) is 5.73 Å². The summed E-state index contributed by atoms with van der Waals surface area (Å²) >= 11 is 2.29. The van der Waals surface area contributed by atoms with Crippen molar-refractivity contribution in [2.75, 3.05) is 19.5 Å². The zero-order valence-electron chi connectivity index (χ0n) is 18.0. The van der Waals surface area contributed by atoms with E-state index < -0.39 is 23.4 Å². The van der Waals surface area contributed by atoms with Crippen LogP contribution in [-0.2, 0) is 14.3 Å². The number of hydrogen-bond donors (Lipinski definition) is 2. The first-order valence-corrected chi connectivity index (χ1v) is 11.5. The normalized spacial score (nSPS) is 15.5. The van der Waals surface area contributed by atoms with E-state index in [9.17, 15) is 19.6 Å². The van der Waals surface area contributed by atoms with Crippen LogP contribution in [0.4, 0.5) is 5.69 Å². The lowest BCUT2D eigenvalue weighted by molar-refractivity contribution is -0.133. The number of benzene rings is 1. The third-order valence-electron chi connectivity index (χ3n) is 5.14. The highest BCUT2D eigenvalue weighted by molar-refractivity contribution is 7.10. The Hall–Kier alpha value is -4.14. The number of thiazole rings is 1. The molecule has 3 aromatic rings. The molecule has 1 aliphatic rings. The topological polar surface area (TPSA) is 136 Å². The van der Waals surface area contributed by atoms with E-state index in [-0.39, 0.29) is 26.2 Å². The third-order valence-corrected chi connectivity index (χ3v) is 7.18. The van der Waals surface area contributed by atoms with Gasteiger partial charge in [-0.3, -0.25) is 14.2 Å². The van der Waals surface area contributed by atoms with Crippen LogP contribution in [0.1, 0.15) is 10.8 Å². The fourth-order valence-corrected chi connectivity index (χ4v) is 5.52. The number of allylic oxidation sites excluding steroid dienone is 1. The van der Waals surface area contributed by atoms with Crippen molar-refractivity contribution in [2.45, 2.75) is 5.92 Å². The monoisotopic (exact) mass is 494 g/mol. The summed E-state index contributed by atoms with van der Waals surface area (Å²) in [5.41, 5.74) is 6.39. The standard InChI is InChI=1S/C23H18N4O5S2/c1-31-13-7-5-12(6-8-13)26-21(29)19-18(15-4-3-9-33-15)14(11-24)20(25)27-22(30)16(34-23(19)27)10-17(28)32-2/h3-10,18H,25H2,1-2H3,(H,26,29). The molecule has 34 heavy (non-hydrogen) atoms. The second kappa shape index (κ2) is 9.38. The number of fused-ring (bicyclic) bond motifs is 1. The van der Waals surface area contributed by atoms with Crippen molar-refractivity contribution in [3.63, 3.8) is 0 Å². The van der Waals surface area contributed by atoms with Gasteiger partial charge in [-0.15, -0.1) is 22.7 Å². The molecule has 0 aliphatic carbocycles. The summed E-state index contributed by atoms with van der Waals surface area (Å²) in [5.74, 6) is -1.48. The van der Waals surface area contributed by atoms with E-state index in [0.717, 1.165) is 22.0 Å². The summed E-state index contributed by atoms with van der Waals surface area (Å²) in [7, 11) is 2.73. The lowest BCUT2D eigenvalue weighted by atomic mass is 9.88. The number of amides is 1. The van der Waals surface area contributed by atoms with Gasteiger partial charge in [-0.25, -0.2) is 4.79 Å². The molecule has 1 amide bonds. The number of carbonyl (C=O) groups is 2. The van der Waals surface area contributed by atoms with Crippen molar-refractivity contribution in [1.82, 2.24) is 4.57 Å². The van der Waals surface area contributed by atoms with E-state index in [1.165, 1.54) is 25.6 Å². The van der Waals surface area contributed by atoms with Crippen molar-refractivity contribution in [3.05, 3.63) is 71.8 Å². The van der Waals surface area contributed by atoms with Crippen LogP contribution < -0.4 is 30.5 Å². The number of methoxy groups -OCH3 is 2. The van der Waals surface area contributed by atoms with Gasteiger partial charge in [0.15, 0.2) is 0 Å². The number of hydrogen-bond acceptors (Lipinski definition) is 9.